The molecule has 3 nitrogen and oxygen atoms in total. The summed E-state index contributed by atoms with van der Waals surface area (Å²) in [6.07, 6.45) is 0.571. The van der Waals surface area contributed by atoms with Crippen LogP contribution in [0.1, 0.15) is 31.4 Å². The first-order chi connectivity index (χ1) is 11.5. The van der Waals surface area contributed by atoms with Gasteiger partial charge < -0.3 is 10.2 Å². The van der Waals surface area contributed by atoms with Crippen molar-refractivity contribution < 1.29 is 4.79 Å². The fraction of sp³-hybridized carbons (Fsp3) is 0.381. The Balaban J connectivity index is 2.12. The number of carbonyl (C=O) groups excluding carboxylic acids is 1. The van der Waals surface area contributed by atoms with Gasteiger partial charge in [-0.3, -0.25) is 4.79 Å². The van der Waals surface area contributed by atoms with Gasteiger partial charge >= 0.3 is 0 Å². The Morgan fingerprint density at radius 3 is 2.33 bits per heavy atom. The lowest BCUT2D eigenvalue weighted by Crippen LogP contribution is -2.24. The second kappa shape index (κ2) is 8.65. The fourth-order valence-electron chi connectivity index (χ4n) is 2.75. The number of rotatable bonds is 7. The third kappa shape index (κ3) is 5.50. The summed E-state index contributed by atoms with van der Waals surface area (Å²) in [6.45, 7) is 5.62. The molecule has 0 aliphatic rings. The van der Waals surface area contributed by atoms with Gasteiger partial charge in [-0.25, -0.2) is 0 Å². The minimum absolute atomic E-state index is 0.112. The van der Waals surface area contributed by atoms with Gasteiger partial charge in [0.1, 0.15) is 0 Å². The van der Waals surface area contributed by atoms with Crippen LogP contribution in [0.15, 0.2) is 48.5 Å². The van der Waals surface area contributed by atoms with Crippen LogP contribution in [-0.4, -0.2) is 24.9 Å². The van der Waals surface area contributed by atoms with Crippen molar-refractivity contribution in [3.05, 3.63) is 59.7 Å². The number of nitrogens with zero attached hydrogens (tertiary/aromatic N) is 1. The molecule has 2 aromatic carbocycles. The molecule has 2 aromatic rings. The number of benzene rings is 2. The summed E-state index contributed by atoms with van der Waals surface area (Å²) < 4.78 is 0. The van der Waals surface area contributed by atoms with E-state index in [0.29, 0.717) is 18.9 Å². The molecule has 0 aliphatic heterocycles. The van der Waals surface area contributed by atoms with Gasteiger partial charge in [-0.05, 0) is 42.3 Å². The second-order valence-electron chi connectivity index (χ2n) is 6.97. The highest BCUT2D eigenvalue weighted by Gasteiger charge is 2.08. The first-order valence-corrected chi connectivity index (χ1v) is 8.54. The van der Waals surface area contributed by atoms with E-state index in [4.69, 9.17) is 0 Å². The Hall–Kier alpha value is -2.13. The summed E-state index contributed by atoms with van der Waals surface area (Å²) in [4.78, 5) is 14.1. The van der Waals surface area contributed by atoms with Crippen LogP contribution >= 0.6 is 0 Å². The van der Waals surface area contributed by atoms with Gasteiger partial charge in [-0.2, -0.15) is 0 Å². The zero-order valence-corrected chi connectivity index (χ0v) is 15.2. The molecule has 0 saturated carbocycles. The molecule has 1 N–H and O–H groups in total. The van der Waals surface area contributed by atoms with Crippen molar-refractivity contribution in [2.24, 2.45) is 5.92 Å². The molecular weight excluding hydrogens is 296 g/mol. The minimum Gasteiger partial charge on any atom is -0.352 e. The maximum atomic E-state index is 11.9. The third-order valence-electron chi connectivity index (χ3n) is 3.85. The quantitative estimate of drug-likeness (QED) is 0.832. The molecule has 0 spiro atoms. The predicted octanol–water partition coefficient (Wildman–Crippen LogP) is 4.08. The number of amides is 1. The van der Waals surface area contributed by atoms with Gasteiger partial charge in [0.25, 0.3) is 0 Å². The average Bonchev–Trinajstić information content (AvgIpc) is 2.53. The molecule has 0 fully saturated rings. The van der Waals surface area contributed by atoms with E-state index in [1.807, 2.05) is 12.1 Å². The molecule has 0 radical (unpaired) electrons. The first kappa shape index (κ1) is 18.2. The van der Waals surface area contributed by atoms with Crippen LogP contribution in [0, 0.1) is 5.92 Å². The van der Waals surface area contributed by atoms with Crippen LogP contribution in [0.3, 0.4) is 0 Å². The maximum absolute atomic E-state index is 11.9. The second-order valence-corrected chi connectivity index (χ2v) is 6.97. The van der Waals surface area contributed by atoms with Gasteiger partial charge in [0.15, 0.2) is 0 Å². The monoisotopic (exact) mass is 324 g/mol. The lowest BCUT2D eigenvalue weighted by Gasteiger charge is -2.13. The van der Waals surface area contributed by atoms with Crippen molar-refractivity contribution in [1.29, 1.82) is 0 Å². The Bertz CT molecular complexity index is 660. The highest BCUT2D eigenvalue weighted by Crippen LogP contribution is 2.24. The average molecular weight is 324 g/mol. The van der Waals surface area contributed by atoms with Crippen LogP contribution < -0.4 is 5.32 Å². The zero-order valence-electron chi connectivity index (χ0n) is 15.2. The molecule has 2 rings (SSSR count). The number of hydrogen-bond acceptors (Lipinski definition) is 2. The minimum atomic E-state index is 0.112. The molecule has 0 atom stereocenters. The van der Waals surface area contributed by atoms with E-state index in [2.05, 4.69) is 74.6 Å². The highest BCUT2D eigenvalue weighted by atomic mass is 16.1. The summed E-state index contributed by atoms with van der Waals surface area (Å²) >= 11 is 0. The van der Waals surface area contributed by atoms with E-state index < -0.39 is 0 Å². The van der Waals surface area contributed by atoms with E-state index in [1.165, 1.54) is 16.7 Å². The van der Waals surface area contributed by atoms with Gasteiger partial charge in [0.2, 0.25) is 5.91 Å². The lowest BCUT2D eigenvalue weighted by molar-refractivity contribution is -0.121. The van der Waals surface area contributed by atoms with Gasteiger partial charge in [0.05, 0.1) is 0 Å². The normalized spacial score (nSPS) is 11.1. The summed E-state index contributed by atoms with van der Waals surface area (Å²) in [6, 6.07) is 16.9. The molecule has 0 saturated heterocycles. The predicted molar refractivity (Wildman–Crippen MR) is 101 cm³/mol. The van der Waals surface area contributed by atoms with Crippen molar-refractivity contribution >= 4 is 5.91 Å². The van der Waals surface area contributed by atoms with E-state index in [0.717, 1.165) is 12.1 Å². The Morgan fingerprint density at radius 2 is 1.71 bits per heavy atom. The van der Waals surface area contributed by atoms with Gasteiger partial charge in [-0.1, -0.05) is 62.4 Å². The maximum Gasteiger partial charge on any atom is 0.220 e. The zero-order chi connectivity index (χ0) is 17.5. The van der Waals surface area contributed by atoms with Crippen molar-refractivity contribution in [1.82, 2.24) is 10.2 Å². The van der Waals surface area contributed by atoms with Crippen LogP contribution in [0.25, 0.3) is 11.1 Å². The summed E-state index contributed by atoms with van der Waals surface area (Å²) in [5.41, 5.74) is 4.81. The fourth-order valence-corrected chi connectivity index (χ4v) is 2.75. The Kier molecular flexibility index (Phi) is 6.56. The summed E-state index contributed by atoms with van der Waals surface area (Å²) in [5.74, 6) is 0.491. The smallest absolute Gasteiger partial charge is 0.220 e. The van der Waals surface area contributed by atoms with Crippen molar-refractivity contribution in [3.63, 3.8) is 0 Å². The summed E-state index contributed by atoms with van der Waals surface area (Å²) in [7, 11) is 4.14. The molecule has 0 heterocycles. The first-order valence-electron chi connectivity index (χ1n) is 8.54. The molecule has 0 aromatic heterocycles. The van der Waals surface area contributed by atoms with E-state index in [9.17, 15) is 4.79 Å². The lowest BCUT2D eigenvalue weighted by atomic mass is 9.98. The Labute approximate surface area is 145 Å². The molecule has 3 heteroatoms. The van der Waals surface area contributed by atoms with Crippen molar-refractivity contribution in [3.8, 4) is 11.1 Å². The molecule has 24 heavy (non-hydrogen) atoms. The molecule has 0 aliphatic carbocycles. The van der Waals surface area contributed by atoms with Crippen molar-refractivity contribution in [2.75, 3.05) is 14.1 Å². The molecule has 1 amide bonds. The number of carbonyl (C=O) groups is 1. The van der Waals surface area contributed by atoms with Gasteiger partial charge in [0, 0.05) is 19.5 Å². The van der Waals surface area contributed by atoms with Crippen LogP contribution in [0.5, 0.6) is 0 Å². The molecule has 0 unspecified atom stereocenters. The van der Waals surface area contributed by atoms with Crippen molar-refractivity contribution in [2.45, 2.75) is 33.4 Å². The van der Waals surface area contributed by atoms with E-state index in [-0.39, 0.29) is 5.91 Å². The molecular formula is C21H28N2O. The Morgan fingerprint density at radius 1 is 1.04 bits per heavy atom. The highest BCUT2D eigenvalue weighted by molar-refractivity contribution is 5.76. The van der Waals surface area contributed by atoms with Crippen LogP contribution in [0.2, 0.25) is 0 Å². The number of nitrogens with one attached hydrogen (secondary N) is 1. The number of hydrogen-bond donors (Lipinski definition) is 1. The third-order valence-corrected chi connectivity index (χ3v) is 3.85. The van der Waals surface area contributed by atoms with Gasteiger partial charge in [-0.15, -0.1) is 0 Å². The van der Waals surface area contributed by atoms with E-state index in [1.54, 1.807) is 0 Å². The SMILES string of the molecule is CC(C)CC(=O)NCc1ccccc1-c1ccc(CN(C)C)cc1. The van der Waals surface area contributed by atoms with Crippen LogP contribution in [-0.2, 0) is 17.9 Å². The van der Waals surface area contributed by atoms with E-state index >= 15 is 0 Å². The molecule has 0 bridgehead atoms. The standard InChI is InChI=1S/C21H28N2O/c1-16(2)13-21(24)22-14-19-7-5-6-8-20(19)18-11-9-17(10-12-18)15-23(3)4/h5-12,16H,13-15H2,1-4H3,(H,22,24). The summed E-state index contributed by atoms with van der Waals surface area (Å²) in [5, 5.41) is 3.03. The van der Waals surface area contributed by atoms with Crippen LogP contribution in [0.4, 0.5) is 0 Å². The molecule has 128 valence electrons. The topological polar surface area (TPSA) is 32.3 Å². The largest absolute Gasteiger partial charge is 0.352 e.